The lowest BCUT2D eigenvalue weighted by Crippen LogP contribution is -2.35. The number of aromatic nitrogens is 3. The number of methoxy groups -OCH3 is 1. The average Bonchev–Trinajstić information content (AvgIpc) is 2.71. The van der Waals surface area contributed by atoms with Crippen LogP contribution >= 0.6 is 0 Å². The zero-order valence-electron chi connectivity index (χ0n) is 17.2. The van der Waals surface area contributed by atoms with Crippen LogP contribution in [0.1, 0.15) is 12.7 Å². The zero-order chi connectivity index (χ0) is 22.9. The summed E-state index contributed by atoms with van der Waals surface area (Å²) in [7, 11) is -2.93. The molecule has 12 nitrogen and oxygen atoms in total. The molecule has 0 aliphatic rings. The lowest BCUT2D eigenvalue weighted by Gasteiger charge is -2.13. The molecule has 166 valence electrons. The van der Waals surface area contributed by atoms with E-state index in [1.165, 1.54) is 31.4 Å². The first-order valence-corrected chi connectivity index (χ1v) is 10.3. The number of aryl methyl sites for hydroxylation is 1. The lowest BCUT2D eigenvalue weighted by molar-refractivity contribution is 0.172. The largest absolute Gasteiger partial charge is 0.486 e. The Kier molecular flexibility index (Phi) is 8.25. The van der Waals surface area contributed by atoms with Gasteiger partial charge < -0.3 is 14.3 Å². The molecule has 0 atom stereocenters. The summed E-state index contributed by atoms with van der Waals surface area (Å²) in [6, 6.07) is 4.73. The van der Waals surface area contributed by atoms with Crippen LogP contribution in [-0.4, -0.2) is 55.4 Å². The summed E-state index contributed by atoms with van der Waals surface area (Å²) >= 11 is 0. The number of sulfonamides is 1. The van der Waals surface area contributed by atoms with E-state index in [0.29, 0.717) is 5.71 Å². The molecule has 0 radical (unpaired) electrons. The maximum absolute atomic E-state index is 12.7. The quantitative estimate of drug-likeness (QED) is 0.238. The van der Waals surface area contributed by atoms with Gasteiger partial charge in [0.05, 0.1) is 12.8 Å². The molecule has 13 heteroatoms. The Hall–Kier alpha value is -3.74. The topological polar surface area (TPSA) is 154 Å². The van der Waals surface area contributed by atoms with Crippen LogP contribution in [0.2, 0.25) is 0 Å². The van der Waals surface area contributed by atoms with Crippen LogP contribution < -0.4 is 19.5 Å². The van der Waals surface area contributed by atoms with Gasteiger partial charge in [-0.1, -0.05) is 29.9 Å². The highest BCUT2D eigenvalue weighted by Crippen LogP contribution is 2.23. The third kappa shape index (κ3) is 7.22. The predicted octanol–water partition coefficient (Wildman–Crippen LogP) is 1.66. The number of hydrogen-bond donors (Lipinski definition) is 2. The van der Waals surface area contributed by atoms with Gasteiger partial charge in [-0.05, 0) is 26.0 Å². The van der Waals surface area contributed by atoms with Crippen molar-refractivity contribution in [1.29, 1.82) is 0 Å². The van der Waals surface area contributed by atoms with Crippen molar-refractivity contribution in [1.82, 2.24) is 19.7 Å². The number of nitrogens with zero attached hydrogens (tertiary/aromatic N) is 4. The molecular formula is C18H22N6O6S. The van der Waals surface area contributed by atoms with Crippen molar-refractivity contribution in [2.45, 2.75) is 18.7 Å². The van der Waals surface area contributed by atoms with Crippen molar-refractivity contribution >= 4 is 27.7 Å². The first kappa shape index (κ1) is 23.5. The number of amides is 2. The molecule has 0 bridgehead atoms. The smallest absolute Gasteiger partial charge is 0.335 e. The highest BCUT2D eigenvalue weighted by Gasteiger charge is 2.23. The zero-order valence-corrected chi connectivity index (χ0v) is 18.0. The second kappa shape index (κ2) is 10.9. The van der Waals surface area contributed by atoms with Gasteiger partial charge in [0.15, 0.2) is 0 Å². The minimum Gasteiger partial charge on any atom is -0.486 e. The Morgan fingerprint density at radius 2 is 2.00 bits per heavy atom. The van der Waals surface area contributed by atoms with Crippen LogP contribution in [0, 0.1) is 6.92 Å². The maximum atomic E-state index is 12.7. The highest BCUT2D eigenvalue weighted by atomic mass is 32.2. The standard InChI is InChI=1S/C18H22N6O6S/c1-5-10-30-23-12(2)11-29-14-8-6-7-9-15(14)31(26,27)24-17(25)21-16-19-13(3)20-18(22-16)28-4/h5-9H,1,10-11H2,2-4H3,(H2,19,20,21,22,24,25)/b23-12+. The Balaban J connectivity index is 2.11. The molecule has 0 fully saturated rings. The normalized spacial score (nSPS) is 11.4. The van der Waals surface area contributed by atoms with E-state index >= 15 is 0 Å². The Morgan fingerprint density at radius 1 is 1.26 bits per heavy atom. The van der Waals surface area contributed by atoms with Gasteiger partial charge >= 0.3 is 12.0 Å². The van der Waals surface area contributed by atoms with Gasteiger partial charge in [0, 0.05) is 0 Å². The maximum Gasteiger partial charge on any atom is 0.335 e. The first-order chi connectivity index (χ1) is 14.7. The summed E-state index contributed by atoms with van der Waals surface area (Å²) in [6.07, 6.45) is 1.53. The van der Waals surface area contributed by atoms with Crippen molar-refractivity contribution in [3.63, 3.8) is 0 Å². The number of carbonyl (C=O) groups is 1. The van der Waals surface area contributed by atoms with Crippen molar-refractivity contribution in [3.05, 3.63) is 42.7 Å². The molecule has 0 unspecified atom stereocenters. The van der Waals surface area contributed by atoms with E-state index in [4.69, 9.17) is 14.3 Å². The minimum absolute atomic E-state index is 0.0266. The summed E-state index contributed by atoms with van der Waals surface area (Å²) in [5.41, 5.74) is 0.471. The van der Waals surface area contributed by atoms with Gasteiger partial charge in [-0.3, -0.25) is 5.32 Å². The van der Waals surface area contributed by atoms with E-state index in [-0.39, 0.29) is 41.6 Å². The molecule has 0 saturated heterocycles. The Labute approximate surface area is 179 Å². The van der Waals surface area contributed by atoms with E-state index in [1.54, 1.807) is 19.9 Å². The van der Waals surface area contributed by atoms with Gasteiger partial charge in [-0.25, -0.2) is 17.9 Å². The van der Waals surface area contributed by atoms with Crippen molar-refractivity contribution in [3.8, 4) is 11.8 Å². The van der Waals surface area contributed by atoms with E-state index in [1.807, 2.05) is 4.72 Å². The van der Waals surface area contributed by atoms with Crippen LogP contribution in [0.5, 0.6) is 11.8 Å². The summed E-state index contributed by atoms with van der Waals surface area (Å²) in [6.45, 7) is 6.92. The van der Waals surface area contributed by atoms with E-state index in [2.05, 4.69) is 32.0 Å². The van der Waals surface area contributed by atoms with Crippen LogP contribution in [0.25, 0.3) is 0 Å². The molecule has 0 aliphatic carbocycles. The monoisotopic (exact) mass is 450 g/mol. The number of urea groups is 1. The van der Waals surface area contributed by atoms with Crippen LogP contribution in [0.15, 0.2) is 47.0 Å². The first-order valence-electron chi connectivity index (χ1n) is 8.83. The molecule has 2 rings (SSSR count). The Bertz CT molecular complexity index is 1070. The molecule has 2 N–H and O–H groups in total. The fourth-order valence-corrected chi connectivity index (χ4v) is 3.16. The van der Waals surface area contributed by atoms with E-state index in [0.717, 1.165) is 0 Å². The molecule has 2 aromatic rings. The van der Waals surface area contributed by atoms with Gasteiger partial charge in [0.2, 0.25) is 5.95 Å². The second-order valence-electron chi connectivity index (χ2n) is 5.90. The molecule has 0 saturated carbocycles. The van der Waals surface area contributed by atoms with Crippen LogP contribution in [0.4, 0.5) is 10.7 Å². The summed E-state index contributed by atoms with van der Waals surface area (Å²) in [5.74, 6) is 0.129. The average molecular weight is 450 g/mol. The highest BCUT2D eigenvalue weighted by molar-refractivity contribution is 7.90. The molecule has 31 heavy (non-hydrogen) atoms. The van der Waals surface area contributed by atoms with Crippen LogP contribution in [0.3, 0.4) is 0 Å². The van der Waals surface area contributed by atoms with E-state index in [9.17, 15) is 13.2 Å². The molecule has 0 spiro atoms. The van der Waals surface area contributed by atoms with Gasteiger partial charge in [0.25, 0.3) is 10.0 Å². The number of anilines is 1. The number of rotatable bonds is 10. The van der Waals surface area contributed by atoms with Gasteiger partial charge in [-0.2, -0.15) is 15.0 Å². The summed E-state index contributed by atoms with van der Waals surface area (Å²) < 4.78 is 37.7. The minimum atomic E-state index is -4.28. The number of carbonyl (C=O) groups excluding carboxylic acids is 1. The van der Waals surface area contributed by atoms with Crippen molar-refractivity contribution < 1.29 is 27.5 Å². The fourth-order valence-electron chi connectivity index (χ4n) is 2.11. The molecule has 1 heterocycles. The summed E-state index contributed by atoms with van der Waals surface area (Å²) in [5, 5.41) is 6.02. The predicted molar refractivity (Wildman–Crippen MR) is 112 cm³/mol. The van der Waals surface area contributed by atoms with Crippen LogP contribution in [-0.2, 0) is 14.9 Å². The number of benzene rings is 1. The molecule has 2 amide bonds. The van der Waals surface area contributed by atoms with Gasteiger partial charge in [0.1, 0.15) is 29.7 Å². The third-order valence-electron chi connectivity index (χ3n) is 3.35. The molecule has 0 aliphatic heterocycles. The number of nitrogens with one attached hydrogen (secondary N) is 2. The SMILES string of the molecule is C=CCO/N=C(\C)COc1ccccc1S(=O)(=O)NC(=O)Nc1nc(C)nc(OC)n1. The number of oxime groups is 1. The second-order valence-corrected chi connectivity index (χ2v) is 7.55. The number of para-hydroxylation sites is 1. The molecular weight excluding hydrogens is 428 g/mol. The number of hydrogen-bond acceptors (Lipinski definition) is 10. The molecule has 1 aromatic heterocycles. The Morgan fingerprint density at radius 3 is 2.71 bits per heavy atom. The van der Waals surface area contributed by atoms with E-state index < -0.39 is 16.1 Å². The van der Waals surface area contributed by atoms with Crippen molar-refractivity contribution in [2.24, 2.45) is 5.16 Å². The fraction of sp³-hybridized carbons (Fsp3) is 0.278. The third-order valence-corrected chi connectivity index (χ3v) is 4.72. The summed E-state index contributed by atoms with van der Waals surface area (Å²) in [4.78, 5) is 28.5. The van der Waals surface area contributed by atoms with Crippen molar-refractivity contribution in [2.75, 3.05) is 25.6 Å². The molecule has 1 aromatic carbocycles. The lowest BCUT2D eigenvalue weighted by atomic mass is 10.3. The van der Waals surface area contributed by atoms with Gasteiger partial charge in [-0.15, -0.1) is 0 Å². The number of ether oxygens (including phenoxy) is 2.